The second kappa shape index (κ2) is 47.3. The van der Waals surface area contributed by atoms with Crippen LogP contribution in [-0.2, 0) is 83.1 Å². The number of hydrogen-bond acceptors (Lipinski definition) is 18. The highest BCUT2D eigenvalue weighted by atomic mass is 19.4. The molecule has 16 N–H and O–H groups in total. The van der Waals surface area contributed by atoms with Crippen LogP contribution < -0.4 is 69.5 Å². The minimum Gasteiger partial charge on any atom is -0.475 e. The van der Waals surface area contributed by atoms with Crippen LogP contribution in [0.3, 0.4) is 0 Å². The smallest absolute Gasteiger partial charge is 0.475 e. The lowest BCUT2D eigenvalue weighted by molar-refractivity contribution is -0.192. The lowest BCUT2D eigenvalue weighted by Crippen LogP contribution is -2.64. The molecule has 0 saturated carbocycles. The van der Waals surface area contributed by atoms with Crippen molar-refractivity contribution in [3.05, 3.63) is 47.7 Å². The Bertz CT molecular complexity index is 3390. The maximum absolute atomic E-state index is 15.0. The van der Waals surface area contributed by atoms with Crippen molar-refractivity contribution in [3.8, 4) is 0 Å². The highest BCUT2D eigenvalue weighted by Crippen LogP contribution is 2.24. The van der Waals surface area contributed by atoms with Gasteiger partial charge in [0.25, 0.3) is 5.91 Å². The van der Waals surface area contributed by atoms with E-state index >= 15 is 9.59 Å². The average molecular weight is 1590 g/mol. The van der Waals surface area contributed by atoms with E-state index in [-0.39, 0.29) is 69.1 Å². The number of hydrogen-bond donors (Lipinski definition) is 15. The number of nitrogens with one attached hydrogen (secondary N) is 12. The van der Waals surface area contributed by atoms with Gasteiger partial charge in [-0.15, -0.1) is 0 Å². The number of rotatable bonds is 33. The number of carboxylic acids is 1. The van der Waals surface area contributed by atoms with Crippen molar-refractivity contribution in [2.45, 2.75) is 287 Å². The fourth-order valence-electron chi connectivity index (χ4n) is 12.0. The number of nitrogens with two attached hydrogens (primary N) is 1. The van der Waals surface area contributed by atoms with E-state index in [0.29, 0.717) is 24.8 Å². The molecule has 2 aliphatic rings. The van der Waals surface area contributed by atoms with Gasteiger partial charge >= 0.3 is 18.1 Å². The van der Waals surface area contributed by atoms with Crippen molar-refractivity contribution in [3.63, 3.8) is 0 Å². The first-order chi connectivity index (χ1) is 52.2. The number of carbonyl (C=O) groups is 15. The summed E-state index contributed by atoms with van der Waals surface area (Å²) < 4.78 is 37.7. The van der Waals surface area contributed by atoms with Gasteiger partial charge in [0, 0.05) is 19.4 Å². The van der Waals surface area contributed by atoms with E-state index in [1.54, 1.807) is 127 Å². The minimum atomic E-state index is -5.08. The summed E-state index contributed by atoms with van der Waals surface area (Å²) in [4.78, 5) is 211. The Morgan fingerprint density at radius 2 is 1.14 bits per heavy atom. The molecule has 0 spiro atoms. The van der Waals surface area contributed by atoms with Crippen LogP contribution in [-0.4, -0.2) is 208 Å². The van der Waals surface area contributed by atoms with Gasteiger partial charge in [0.15, 0.2) is 0 Å². The van der Waals surface area contributed by atoms with Crippen LogP contribution in [0.5, 0.6) is 0 Å². The molecular formula is C77H125F3N14O18. The number of benzene rings is 1. The Balaban J connectivity index is 0.00000578. The first-order valence-corrected chi connectivity index (χ1v) is 38.8. The van der Waals surface area contributed by atoms with Crippen molar-refractivity contribution in [2.24, 2.45) is 53.1 Å². The number of aliphatic hydroxyl groups is 1. The topological polar surface area (TPSA) is 479 Å². The fourth-order valence-corrected chi connectivity index (χ4v) is 12.0. The zero-order chi connectivity index (χ0) is 85.5. The fraction of sp³-hybridized carbons (Fsp3) is 0.701. The van der Waals surface area contributed by atoms with Crippen LogP contribution in [0.1, 0.15) is 195 Å². The standard InChI is InChI=1S/C75H124N14O16.C2HF3O2/c1-20-43(15)33-34-53(91)80-54(38(5)6)68(97)87-61(46(18)90)72(101)82-56(40(9)10)69(98)83-57(41(11)12)74(103)89-36-28-32-52(89)66(95)78-50(31-27-35-76)64(93)85-59(44(16)21-2)71(100)88-62-47(19)105-75(104)58(42(13)14)84-63(92)49(23-4)77-65(94)51(37-48-29-25-24-26-30-48)79-67(96)55(39(7)8)81-70(99)60(45(17)22-3)86-73(62)102;3-2(4,5)1(6)7/h23-26,29-30,38-47,50-52,54-62,90H,20-22,27-28,31-37,76H2,1-19H3,(H,77,94)(H,78,95)(H,79,96)(H,80,91)(H,81,99)(H,82,101)(H,83,98)(H,84,92)(H,85,93)(H,86,102)(H,87,97)(H,88,100);(H,6,7)/b49-23-;/t43-,44-,45-,46+,47+,50-,51-,52+,54+,55?,56-,57+,58?,59+,60+,61-,62?;/m0./s1. The summed E-state index contributed by atoms with van der Waals surface area (Å²) in [6, 6.07) is -7.67. The first-order valence-electron chi connectivity index (χ1n) is 38.8. The molecule has 0 aromatic heterocycles. The third-order valence-corrected chi connectivity index (χ3v) is 19.9. The van der Waals surface area contributed by atoms with Gasteiger partial charge in [-0.05, 0) is 112 Å². The predicted octanol–water partition coefficient (Wildman–Crippen LogP) is 2.47. The highest BCUT2D eigenvalue weighted by molar-refractivity contribution is 6.03. The van der Waals surface area contributed by atoms with E-state index in [9.17, 15) is 75.8 Å². The number of aliphatic hydroxyl groups excluding tert-OH is 1. The highest BCUT2D eigenvalue weighted by Gasteiger charge is 2.45. The van der Waals surface area contributed by atoms with E-state index in [2.05, 4.69) is 63.8 Å². The van der Waals surface area contributed by atoms with E-state index in [4.69, 9.17) is 20.4 Å². The molecule has 0 aliphatic carbocycles. The number of alkyl halides is 3. The number of likely N-dealkylation sites (tertiary alicyclic amines) is 1. The van der Waals surface area contributed by atoms with E-state index < -0.39 is 215 Å². The summed E-state index contributed by atoms with van der Waals surface area (Å²) in [6.45, 7) is 31.7. The number of cyclic esters (lactones) is 1. The Kier molecular flexibility index (Phi) is 41.7. The predicted molar refractivity (Wildman–Crippen MR) is 409 cm³/mol. The molecule has 2 fully saturated rings. The molecule has 112 heavy (non-hydrogen) atoms. The molecule has 632 valence electrons. The molecule has 3 unspecified atom stereocenters. The number of esters is 1. The summed E-state index contributed by atoms with van der Waals surface area (Å²) >= 11 is 0. The number of amides is 13. The Morgan fingerprint density at radius 1 is 0.625 bits per heavy atom. The van der Waals surface area contributed by atoms with Crippen LogP contribution >= 0.6 is 0 Å². The molecule has 1 aromatic rings. The number of halogens is 3. The van der Waals surface area contributed by atoms with Crippen molar-refractivity contribution in [1.82, 2.24) is 68.7 Å². The Labute approximate surface area is 655 Å². The number of nitrogens with zero attached hydrogens (tertiary/aromatic N) is 1. The molecule has 2 heterocycles. The minimum absolute atomic E-state index is 0.0355. The van der Waals surface area contributed by atoms with Crippen molar-refractivity contribution < 1.29 is 100 Å². The number of allylic oxidation sites excluding steroid dienone is 1. The van der Waals surface area contributed by atoms with Gasteiger partial charge in [-0.2, -0.15) is 13.2 Å². The molecule has 0 bridgehead atoms. The van der Waals surface area contributed by atoms with Gasteiger partial charge in [-0.3, -0.25) is 62.3 Å². The van der Waals surface area contributed by atoms with Crippen molar-refractivity contribution >= 4 is 88.7 Å². The largest absolute Gasteiger partial charge is 0.490 e. The normalized spacial score (nSPS) is 22.1. The lowest BCUT2D eigenvalue weighted by atomic mass is 9.95. The second-order valence-corrected chi connectivity index (χ2v) is 30.8. The Hall–Kier alpha value is -9.28. The van der Waals surface area contributed by atoms with Crippen LogP contribution in [0.4, 0.5) is 13.2 Å². The molecule has 32 nitrogen and oxygen atoms in total. The molecule has 3 rings (SSSR count). The number of ether oxygens (including phenoxy) is 1. The third kappa shape index (κ3) is 31.0. The maximum atomic E-state index is 15.0. The van der Waals surface area contributed by atoms with Gasteiger partial charge < -0.3 is 89.4 Å². The number of aliphatic carboxylic acids is 1. The molecule has 0 radical (unpaired) electrons. The van der Waals surface area contributed by atoms with Gasteiger partial charge in [-0.1, -0.05) is 166 Å². The van der Waals surface area contributed by atoms with Gasteiger partial charge in [0.05, 0.1) is 6.10 Å². The van der Waals surface area contributed by atoms with Gasteiger partial charge in [-0.25, -0.2) is 9.59 Å². The average Bonchev–Trinajstić information content (AvgIpc) is 1.46. The zero-order valence-corrected chi connectivity index (χ0v) is 68.2. The molecule has 17 atom stereocenters. The van der Waals surface area contributed by atoms with Crippen molar-refractivity contribution in [1.29, 1.82) is 0 Å². The monoisotopic (exact) mass is 1590 g/mol. The quantitative estimate of drug-likeness (QED) is 0.0355. The molecule has 2 saturated heterocycles. The molecule has 35 heteroatoms. The molecule has 13 amide bonds. The first kappa shape index (κ1) is 98.8. The SMILES string of the molecule is C/C=C1\NC(=O)[C@H](Cc2ccccc2)NC(=O)C(C(C)C)NC(=O)[C@@H]([C@@H](C)CC)NC(=O)C(NC(=O)[C@H](NC(=O)[C@H](CCCN)NC(=O)[C@H]2CCCN2C(=O)[C@H](NC(=O)[C@@H](NC(=O)[C@@H](NC(=O)[C@H](NC(=O)CC[C@@H](C)CC)C(C)C)[C@@H](C)O)C(C)C)C(C)C)[C@@H](C)CC)[C@@H](C)OC(=O)C(C(C)C)NC1=O.O=C(O)C(F)(F)F. The summed E-state index contributed by atoms with van der Waals surface area (Å²) in [6.07, 6.45) is -4.00. The maximum Gasteiger partial charge on any atom is 0.490 e. The molecule has 1 aromatic carbocycles. The second-order valence-electron chi connectivity index (χ2n) is 30.8. The summed E-state index contributed by atoms with van der Waals surface area (Å²) in [7, 11) is 0. The third-order valence-electron chi connectivity index (χ3n) is 19.9. The van der Waals surface area contributed by atoms with Crippen LogP contribution in [0.2, 0.25) is 0 Å². The molecule has 2 aliphatic heterocycles. The number of carbonyl (C=O) groups excluding carboxylic acids is 14. The lowest BCUT2D eigenvalue weighted by Gasteiger charge is -2.33. The number of carboxylic acid groups (broad SMARTS) is 1. The zero-order valence-electron chi connectivity index (χ0n) is 68.2. The van der Waals surface area contributed by atoms with Crippen LogP contribution in [0.15, 0.2) is 42.1 Å². The van der Waals surface area contributed by atoms with Crippen LogP contribution in [0, 0.1) is 47.3 Å². The van der Waals surface area contributed by atoms with E-state index in [1.807, 2.05) is 13.8 Å². The Morgan fingerprint density at radius 3 is 1.64 bits per heavy atom. The van der Waals surface area contributed by atoms with E-state index in [0.717, 1.165) is 6.42 Å². The van der Waals surface area contributed by atoms with Gasteiger partial charge in [0.1, 0.15) is 84.3 Å². The molecular weight excluding hydrogens is 1470 g/mol. The summed E-state index contributed by atoms with van der Waals surface area (Å²) in [5.74, 6) is -18.0. The summed E-state index contributed by atoms with van der Waals surface area (Å²) in [5, 5.41) is 50.3. The van der Waals surface area contributed by atoms with Crippen molar-refractivity contribution in [2.75, 3.05) is 13.1 Å². The van der Waals surface area contributed by atoms with Crippen LogP contribution in [0.25, 0.3) is 0 Å². The van der Waals surface area contributed by atoms with Gasteiger partial charge in [0.2, 0.25) is 70.9 Å². The summed E-state index contributed by atoms with van der Waals surface area (Å²) in [5.41, 5.74) is 6.34. The van der Waals surface area contributed by atoms with E-state index in [1.165, 1.54) is 31.7 Å².